The number of amides is 2. The van der Waals surface area contributed by atoms with E-state index in [1.807, 2.05) is 78.2 Å². The fourth-order valence-electron chi connectivity index (χ4n) is 4.08. The first-order chi connectivity index (χ1) is 15.8. The van der Waals surface area contributed by atoms with Crippen LogP contribution in [0.2, 0.25) is 0 Å². The van der Waals surface area contributed by atoms with Gasteiger partial charge < -0.3 is 20.7 Å². The summed E-state index contributed by atoms with van der Waals surface area (Å²) in [4.78, 5) is 33.5. The predicted octanol–water partition coefficient (Wildman–Crippen LogP) is 3.89. The van der Waals surface area contributed by atoms with Crippen LogP contribution in [0.25, 0.3) is 10.4 Å². The molecule has 8 heteroatoms. The van der Waals surface area contributed by atoms with Crippen LogP contribution in [0.3, 0.4) is 0 Å². The maximum Gasteiger partial charge on any atom is 0.243 e. The van der Waals surface area contributed by atoms with Crippen molar-refractivity contribution in [1.82, 2.24) is 15.2 Å². The molecule has 0 spiro atoms. The van der Waals surface area contributed by atoms with Gasteiger partial charge in [0, 0.05) is 19.5 Å². The number of carbonyl (C=O) groups excluding carboxylic acids is 2. The molecular weight excluding hydrogens is 448 g/mol. The summed E-state index contributed by atoms with van der Waals surface area (Å²) in [6, 6.07) is 6.80. The normalized spacial score (nSPS) is 19.8. The Morgan fingerprint density at radius 2 is 1.85 bits per heavy atom. The van der Waals surface area contributed by atoms with Crippen LogP contribution in [0, 0.1) is 12.3 Å². The van der Waals surface area contributed by atoms with Gasteiger partial charge in [0.15, 0.2) is 0 Å². The molecule has 2 amide bonds. The third-order valence-corrected chi connectivity index (χ3v) is 6.97. The molecule has 186 valence electrons. The number of nitrogens with zero attached hydrogens (tertiary/aromatic N) is 2. The van der Waals surface area contributed by atoms with Gasteiger partial charge in [-0.25, -0.2) is 4.98 Å². The van der Waals surface area contributed by atoms with E-state index < -0.39 is 17.5 Å². The second-order valence-electron chi connectivity index (χ2n) is 11.1. The van der Waals surface area contributed by atoms with E-state index in [4.69, 9.17) is 10.5 Å². The van der Waals surface area contributed by atoms with Crippen molar-refractivity contribution in [3.8, 4) is 10.4 Å². The van der Waals surface area contributed by atoms with E-state index in [1.54, 1.807) is 16.2 Å². The van der Waals surface area contributed by atoms with Crippen LogP contribution >= 0.6 is 11.3 Å². The number of hydrogen-bond acceptors (Lipinski definition) is 6. The molecule has 0 aliphatic carbocycles. The standard InChI is InChI=1S/C26H38N4O3S/c1-16-21(34-15-29-16)18-10-8-17(9-11-18)13-28-23(31)20-12-19(33-26(5,6)7)14-30(20)24(32)22(27)25(2,3)4/h8-11,15,19-20,22H,12-14,27H2,1-7H3,(H,28,31)/t19-,20+,22?/m1/s1. The number of nitrogens with two attached hydrogens (primary N) is 1. The first-order valence-electron chi connectivity index (χ1n) is 11.8. The smallest absolute Gasteiger partial charge is 0.243 e. The van der Waals surface area contributed by atoms with Gasteiger partial charge in [0.25, 0.3) is 0 Å². The Morgan fingerprint density at radius 1 is 1.21 bits per heavy atom. The van der Waals surface area contributed by atoms with Gasteiger partial charge in [0.1, 0.15) is 6.04 Å². The summed E-state index contributed by atoms with van der Waals surface area (Å²) in [5, 5.41) is 3.01. The minimum Gasteiger partial charge on any atom is -0.371 e. The van der Waals surface area contributed by atoms with Gasteiger partial charge in [0.05, 0.1) is 33.8 Å². The highest BCUT2D eigenvalue weighted by Gasteiger charge is 2.44. The Hall–Kier alpha value is -2.29. The van der Waals surface area contributed by atoms with Gasteiger partial charge in [-0.1, -0.05) is 45.0 Å². The van der Waals surface area contributed by atoms with Crippen molar-refractivity contribution in [3.63, 3.8) is 0 Å². The fraction of sp³-hybridized carbons (Fsp3) is 0.577. The summed E-state index contributed by atoms with van der Waals surface area (Å²) in [6.07, 6.45) is 0.240. The number of benzene rings is 1. The largest absolute Gasteiger partial charge is 0.371 e. The quantitative estimate of drug-likeness (QED) is 0.646. The topological polar surface area (TPSA) is 97.5 Å². The molecular formula is C26H38N4O3S. The molecule has 0 saturated carbocycles. The van der Waals surface area contributed by atoms with Crippen molar-refractivity contribution in [2.45, 2.75) is 85.2 Å². The molecule has 3 rings (SSSR count). The van der Waals surface area contributed by atoms with Gasteiger partial charge in [-0.05, 0) is 44.2 Å². The summed E-state index contributed by atoms with van der Waals surface area (Å²) in [5.74, 6) is -0.395. The number of hydrogen-bond donors (Lipinski definition) is 2. The van der Waals surface area contributed by atoms with Crippen LogP contribution in [-0.2, 0) is 20.9 Å². The molecule has 2 heterocycles. The fourth-order valence-corrected chi connectivity index (χ4v) is 4.90. The number of likely N-dealkylation sites (tertiary alicyclic amines) is 1. The lowest BCUT2D eigenvalue weighted by molar-refractivity contribution is -0.141. The maximum atomic E-state index is 13.2. The van der Waals surface area contributed by atoms with Crippen molar-refractivity contribution in [1.29, 1.82) is 0 Å². The van der Waals surface area contributed by atoms with Gasteiger partial charge in [-0.3, -0.25) is 9.59 Å². The van der Waals surface area contributed by atoms with Gasteiger partial charge in [0.2, 0.25) is 11.8 Å². The highest BCUT2D eigenvalue weighted by molar-refractivity contribution is 7.13. The molecule has 2 aromatic rings. The third kappa shape index (κ3) is 6.43. The van der Waals surface area contributed by atoms with Crippen molar-refractivity contribution in [2.24, 2.45) is 11.1 Å². The second-order valence-corrected chi connectivity index (χ2v) is 12.0. The molecule has 1 aliphatic heterocycles. The Kier molecular flexibility index (Phi) is 7.85. The molecule has 1 saturated heterocycles. The Morgan fingerprint density at radius 3 is 2.38 bits per heavy atom. The molecule has 7 nitrogen and oxygen atoms in total. The second kappa shape index (κ2) is 10.1. The number of aromatic nitrogens is 1. The first-order valence-corrected chi connectivity index (χ1v) is 12.6. The highest BCUT2D eigenvalue weighted by Crippen LogP contribution is 2.29. The van der Waals surface area contributed by atoms with Crippen LogP contribution in [0.15, 0.2) is 29.8 Å². The van der Waals surface area contributed by atoms with Gasteiger partial charge >= 0.3 is 0 Å². The molecule has 1 fully saturated rings. The molecule has 34 heavy (non-hydrogen) atoms. The summed E-state index contributed by atoms with van der Waals surface area (Å²) < 4.78 is 6.13. The van der Waals surface area contributed by atoms with Crippen LogP contribution in [0.4, 0.5) is 0 Å². The van der Waals surface area contributed by atoms with Crippen LogP contribution < -0.4 is 11.1 Å². The third-order valence-electron chi connectivity index (χ3n) is 6.00. The van der Waals surface area contributed by atoms with E-state index in [0.29, 0.717) is 19.5 Å². The number of thiazole rings is 1. The number of aryl methyl sites for hydroxylation is 1. The molecule has 3 atom stereocenters. The Balaban J connectivity index is 1.69. The summed E-state index contributed by atoms with van der Waals surface area (Å²) in [7, 11) is 0. The molecule has 0 bridgehead atoms. The first kappa shape index (κ1) is 26.3. The zero-order chi connectivity index (χ0) is 25.3. The average molecular weight is 487 g/mol. The lowest BCUT2D eigenvalue weighted by Crippen LogP contribution is -2.54. The molecule has 1 aromatic carbocycles. The monoisotopic (exact) mass is 486 g/mol. The minimum atomic E-state index is -0.695. The molecule has 1 aromatic heterocycles. The Labute approximate surface area is 207 Å². The van der Waals surface area contributed by atoms with E-state index in [2.05, 4.69) is 10.3 Å². The Bertz CT molecular complexity index is 1000. The number of rotatable bonds is 6. The van der Waals surface area contributed by atoms with Crippen molar-refractivity contribution < 1.29 is 14.3 Å². The lowest BCUT2D eigenvalue weighted by atomic mass is 9.86. The summed E-state index contributed by atoms with van der Waals surface area (Å²) in [5.41, 5.74) is 10.5. The van der Waals surface area contributed by atoms with Crippen LogP contribution in [-0.4, -0.2) is 52.0 Å². The predicted molar refractivity (Wildman–Crippen MR) is 136 cm³/mol. The SMILES string of the molecule is Cc1ncsc1-c1ccc(CNC(=O)[C@@H]2C[C@@H](OC(C)(C)C)CN2C(=O)C(N)C(C)(C)C)cc1. The highest BCUT2D eigenvalue weighted by atomic mass is 32.1. The van der Waals surface area contributed by atoms with Crippen molar-refractivity contribution in [2.75, 3.05) is 6.54 Å². The van der Waals surface area contributed by atoms with E-state index in [-0.39, 0.29) is 23.5 Å². The number of nitrogens with one attached hydrogen (secondary N) is 1. The lowest BCUT2D eigenvalue weighted by Gasteiger charge is -2.32. The van der Waals surface area contributed by atoms with E-state index >= 15 is 0 Å². The molecule has 1 aliphatic rings. The van der Waals surface area contributed by atoms with Crippen molar-refractivity contribution in [3.05, 3.63) is 41.0 Å². The molecule has 3 N–H and O–H groups in total. The van der Waals surface area contributed by atoms with E-state index in [1.165, 1.54) is 0 Å². The molecule has 0 radical (unpaired) electrons. The number of carbonyl (C=O) groups is 2. The minimum absolute atomic E-state index is 0.183. The van der Waals surface area contributed by atoms with Crippen LogP contribution in [0.1, 0.15) is 59.2 Å². The molecule has 1 unspecified atom stereocenters. The average Bonchev–Trinajstić information content (AvgIpc) is 3.35. The van der Waals surface area contributed by atoms with Gasteiger partial charge in [-0.2, -0.15) is 0 Å². The zero-order valence-electron chi connectivity index (χ0n) is 21.3. The van der Waals surface area contributed by atoms with Crippen LogP contribution in [0.5, 0.6) is 0 Å². The summed E-state index contributed by atoms with van der Waals surface area (Å²) in [6.45, 7) is 14.5. The maximum absolute atomic E-state index is 13.2. The van der Waals surface area contributed by atoms with Gasteiger partial charge in [-0.15, -0.1) is 11.3 Å². The summed E-state index contributed by atoms with van der Waals surface area (Å²) >= 11 is 1.61. The van der Waals surface area contributed by atoms with E-state index in [0.717, 1.165) is 21.7 Å². The van der Waals surface area contributed by atoms with E-state index in [9.17, 15) is 9.59 Å². The number of ether oxygens (including phenoxy) is 1. The van der Waals surface area contributed by atoms with Crippen molar-refractivity contribution >= 4 is 23.2 Å². The zero-order valence-corrected chi connectivity index (χ0v) is 22.2.